The van der Waals surface area contributed by atoms with Crippen molar-refractivity contribution in [3.63, 3.8) is 0 Å². The molecule has 2 saturated heterocycles. The van der Waals surface area contributed by atoms with E-state index in [0.717, 1.165) is 32.4 Å². The van der Waals surface area contributed by atoms with E-state index in [1.165, 1.54) is 0 Å². The highest BCUT2D eigenvalue weighted by Crippen LogP contribution is 2.27. The first-order chi connectivity index (χ1) is 11.6. The Morgan fingerprint density at radius 2 is 1.46 bits per heavy atom. The molecule has 0 aromatic carbocycles. The Kier molecular flexibility index (Phi) is 10.2. The Hall–Kier alpha value is -0.600. The zero-order valence-corrected chi connectivity index (χ0v) is 16.9. The highest BCUT2D eigenvalue weighted by Gasteiger charge is 2.30. The van der Waals surface area contributed by atoms with Gasteiger partial charge in [-0.25, -0.2) is 0 Å². The molecule has 3 fully saturated rings. The lowest BCUT2D eigenvalue weighted by Gasteiger charge is -2.36. The third-order valence-corrected chi connectivity index (χ3v) is 5.60. The standard InChI is InChI=1S/C17H30N4O3.2ClH/c18-15-3-1-2-14(15)12-16(22)20-4-6-21(7-5-20)17(23)13-19-8-10-24-11-9-19;;/h14-15H,1-13,18H2;2*1H/t14-,15+;;/m0../s1. The minimum absolute atomic E-state index is 0. The first kappa shape index (κ1) is 23.4. The second-order valence-electron chi connectivity index (χ2n) is 7.21. The average Bonchev–Trinajstić information content (AvgIpc) is 3.00. The summed E-state index contributed by atoms with van der Waals surface area (Å²) in [5, 5.41) is 0. The number of carbonyl (C=O) groups excluding carboxylic acids is 2. The van der Waals surface area contributed by atoms with Crippen molar-refractivity contribution in [3.05, 3.63) is 0 Å². The van der Waals surface area contributed by atoms with Crippen molar-refractivity contribution in [1.82, 2.24) is 14.7 Å². The molecule has 3 rings (SSSR count). The maximum atomic E-state index is 12.4. The van der Waals surface area contributed by atoms with Crippen molar-refractivity contribution in [2.45, 2.75) is 31.7 Å². The maximum Gasteiger partial charge on any atom is 0.236 e. The smallest absolute Gasteiger partial charge is 0.236 e. The van der Waals surface area contributed by atoms with Gasteiger partial charge in [-0.1, -0.05) is 6.42 Å². The van der Waals surface area contributed by atoms with Gasteiger partial charge in [0, 0.05) is 51.7 Å². The van der Waals surface area contributed by atoms with Gasteiger partial charge >= 0.3 is 0 Å². The maximum absolute atomic E-state index is 12.4. The molecule has 152 valence electrons. The summed E-state index contributed by atoms with van der Waals surface area (Å²) < 4.78 is 5.31. The van der Waals surface area contributed by atoms with Crippen LogP contribution in [0.15, 0.2) is 0 Å². The molecule has 2 N–H and O–H groups in total. The summed E-state index contributed by atoms with van der Waals surface area (Å²) in [6.07, 6.45) is 3.83. The van der Waals surface area contributed by atoms with Crippen LogP contribution in [0.1, 0.15) is 25.7 Å². The van der Waals surface area contributed by atoms with Crippen LogP contribution < -0.4 is 5.73 Å². The minimum atomic E-state index is 0. The van der Waals surface area contributed by atoms with Gasteiger partial charge in [0.1, 0.15) is 0 Å². The zero-order chi connectivity index (χ0) is 16.9. The SMILES string of the molecule is Cl.Cl.N[C@@H]1CCC[C@H]1CC(=O)N1CCN(C(=O)CN2CCOCC2)CC1. The van der Waals surface area contributed by atoms with Gasteiger partial charge in [0.25, 0.3) is 0 Å². The second kappa shape index (κ2) is 11.3. The van der Waals surface area contributed by atoms with E-state index in [2.05, 4.69) is 4.90 Å². The van der Waals surface area contributed by atoms with Crippen LogP contribution in [0.3, 0.4) is 0 Å². The van der Waals surface area contributed by atoms with E-state index in [-0.39, 0.29) is 42.7 Å². The molecule has 0 unspecified atom stereocenters. The van der Waals surface area contributed by atoms with Crippen LogP contribution in [0, 0.1) is 5.92 Å². The molecule has 0 aromatic heterocycles. The van der Waals surface area contributed by atoms with Crippen molar-refractivity contribution in [1.29, 1.82) is 0 Å². The third-order valence-electron chi connectivity index (χ3n) is 5.60. The number of ether oxygens (including phenoxy) is 1. The van der Waals surface area contributed by atoms with Crippen LogP contribution in [0.5, 0.6) is 0 Å². The Morgan fingerprint density at radius 1 is 0.885 bits per heavy atom. The van der Waals surface area contributed by atoms with Crippen molar-refractivity contribution >= 4 is 36.6 Å². The Balaban J connectivity index is 0.00000169. The van der Waals surface area contributed by atoms with Crippen molar-refractivity contribution in [3.8, 4) is 0 Å². The number of rotatable bonds is 4. The molecule has 0 radical (unpaired) electrons. The topological polar surface area (TPSA) is 79.1 Å². The fraction of sp³-hybridized carbons (Fsp3) is 0.882. The number of piperazine rings is 1. The van der Waals surface area contributed by atoms with Crippen LogP contribution in [-0.4, -0.2) is 91.6 Å². The largest absolute Gasteiger partial charge is 0.379 e. The van der Waals surface area contributed by atoms with Gasteiger partial charge in [-0.05, 0) is 18.8 Å². The summed E-state index contributed by atoms with van der Waals surface area (Å²) in [6, 6.07) is 0.185. The molecule has 2 atom stereocenters. The van der Waals surface area contributed by atoms with Crippen LogP contribution >= 0.6 is 24.8 Å². The lowest BCUT2D eigenvalue weighted by atomic mass is 9.99. The fourth-order valence-electron chi connectivity index (χ4n) is 3.93. The molecule has 0 spiro atoms. The monoisotopic (exact) mass is 410 g/mol. The number of hydrogen-bond donors (Lipinski definition) is 1. The minimum Gasteiger partial charge on any atom is -0.379 e. The normalized spacial score (nSPS) is 26.8. The lowest BCUT2D eigenvalue weighted by molar-refractivity contribution is -0.141. The molecule has 26 heavy (non-hydrogen) atoms. The zero-order valence-electron chi connectivity index (χ0n) is 15.3. The Labute approximate surface area is 168 Å². The van der Waals surface area contributed by atoms with E-state index in [0.29, 0.717) is 58.3 Å². The molecule has 3 aliphatic rings. The summed E-state index contributed by atoms with van der Waals surface area (Å²) in [6.45, 7) is 6.12. The van der Waals surface area contributed by atoms with E-state index >= 15 is 0 Å². The predicted molar refractivity (Wildman–Crippen MR) is 105 cm³/mol. The van der Waals surface area contributed by atoms with Gasteiger partial charge in [0.15, 0.2) is 0 Å². The van der Waals surface area contributed by atoms with Crippen LogP contribution in [-0.2, 0) is 14.3 Å². The average molecular weight is 411 g/mol. The van der Waals surface area contributed by atoms with Crippen LogP contribution in [0.2, 0.25) is 0 Å². The third kappa shape index (κ3) is 6.23. The van der Waals surface area contributed by atoms with E-state index in [1.54, 1.807) is 0 Å². The van der Waals surface area contributed by atoms with Crippen molar-refractivity contribution in [2.75, 3.05) is 59.0 Å². The quantitative estimate of drug-likeness (QED) is 0.723. The van der Waals surface area contributed by atoms with Crippen LogP contribution in [0.4, 0.5) is 0 Å². The highest BCUT2D eigenvalue weighted by molar-refractivity contribution is 5.85. The van der Waals surface area contributed by atoms with Gasteiger partial charge in [-0.15, -0.1) is 24.8 Å². The highest BCUT2D eigenvalue weighted by atomic mass is 35.5. The van der Waals surface area contributed by atoms with Gasteiger partial charge in [0.2, 0.25) is 11.8 Å². The Bertz CT molecular complexity index is 455. The number of nitrogens with two attached hydrogens (primary N) is 1. The molecule has 2 aliphatic heterocycles. The van der Waals surface area contributed by atoms with Gasteiger partial charge in [-0.2, -0.15) is 0 Å². The first-order valence-corrected chi connectivity index (χ1v) is 9.24. The van der Waals surface area contributed by atoms with E-state index in [9.17, 15) is 9.59 Å². The number of hydrogen-bond acceptors (Lipinski definition) is 5. The van der Waals surface area contributed by atoms with E-state index in [4.69, 9.17) is 10.5 Å². The molecule has 1 aliphatic carbocycles. The van der Waals surface area contributed by atoms with Gasteiger partial charge in [-0.3, -0.25) is 14.5 Å². The fourth-order valence-corrected chi connectivity index (χ4v) is 3.93. The summed E-state index contributed by atoms with van der Waals surface area (Å²) in [4.78, 5) is 30.8. The summed E-state index contributed by atoms with van der Waals surface area (Å²) in [7, 11) is 0. The van der Waals surface area contributed by atoms with Gasteiger partial charge in [0.05, 0.1) is 19.8 Å². The molecular weight excluding hydrogens is 379 g/mol. The van der Waals surface area contributed by atoms with Crippen molar-refractivity contribution < 1.29 is 14.3 Å². The Morgan fingerprint density at radius 3 is 2.00 bits per heavy atom. The predicted octanol–water partition coefficient (Wildman–Crippen LogP) is 0.351. The molecule has 7 nitrogen and oxygen atoms in total. The molecule has 1 saturated carbocycles. The van der Waals surface area contributed by atoms with Gasteiger partial charge < -0.3 is 20.3 Å². The van der Waals surface area contributed by atoms with Crippen molar-refractivity contribution in [2.24, 2.45) is 11.7 Å². The number of amides is 2. The molecule has 0 bridgehead atoms. The second-order valence-corrected chi connectivity index (χ2v) is 7.21. The summed E-state index contributed by atoms with van der Waals surface area (Å²) >= 11 is 0. The summed E-state index contributed by atoms with van der Waals surface area (Å²) in [5.41, 5.74) is 6.07. The molecule has 0 aromatic rings. The number of halogens is 2. The number of morpholine rings is 1. The van der Waals surface area contributed by atoms with E-state index < -0.39 is 0 Å². The number of carbonyl (C=O) groups is 2. The molecular formula is C17H32Cl2N4O3. The summed E-state index contributed by atoms with van der Waals surface area (Å²) in [5.74, 6) is 0.720. The number of nitrogens with zero attached hydrogens (tertiary/aromatic N) is 3. The van der Waals surface area contributed by atoms with E-state index in [1.807, 2.05) is 9.80 Å². The molecule has 9 heteroatoms. The lowest BCUT2D eigenvalue weighted by Crippen LogP contribution is -2.53. The molecule has 2 amide bonds. The van der Waals surface area contributed by atoms with Crippen LogP contribution in [0.25, 0.3) is 0 Å². The molecule has 2 heterocycles. The first-order valence-electron chi connectivity index (χ1n) is 9.24.